The minimum Gasteiger partial charge on any atom is -0.398 e. The Labute approximate surface area is 116 Å². The highest BCUT2D eigenvalue weighted by atomic mass is 35.5. The van der Waals surface area contributed by atoms with E-state index in [2.05, 4.69) is 15.6 Å². The lowest BCUT2D eigenvalue weighted by molar-refractivity contribution is 0.845. The number of imidazole rings is 1. The van der Waals surface area contributed by atoms with Crippen LogP contribution in [0, 0.1) is 0 Å². The molecule has 19 heavy (non-hydrogen) atoms. The van der Waals surface area contributed by atoms with Crippen molar-refractivity contribution in [1.82, 2.24) is 9.55 Å². The number of nitrogens with zero attached hydrogens (tertiary/aromatic N) is 2. The van der Waals surface area contributed by atoms with Gasteiger partial charge in [0.25, 0.3) is 0 Å². The average molecular weight is 272 g/mol. The summed E-state index contributed by atoms with van der Waals surface area (Å²) in [4.78, 5) is 4.65. The molecule has 1 heterocycles. The number of nitrogens with two attached hydrogens (primary N) is 1. The summed E-state index contributed by atoms with van der Waals surface area (Å²) in [6, 6.07) is 13.7. The molecule has 2 aromatic carbocycles. The molecule has 0 aliphatic rings. The second-order valence-corrected chi connectivity index (χ2v) is 5.03. The maximum Gasteiger partial charge on any atom is 0.114 e. The number of benzene rings is 2. The van der Waals surface area contributed by atoms with Gasteiger partial charge in [0.1, 0.15) is 5.82 Å². The van der Waals surface area contributed by atoms with Crippen molar-refractivity contribution in [1.29, 1.82) is 0 Å². The van der Waals surface area contributed by atoms with Crippen LogP contribution in [-0.2, 0) is 13.5 Å². The van der Waals surface area contributed by atoms with E-state index in [0.717, 1.165) is 22.4 Å². The van der Waals surface area contributed by atoms with Gasteiger partial charge in [0.2, 0.25) is 0 Å². The van der Waals surface area contributed by atoms with Gasteiger partial charge >= 0.3 is 0 Å². The molecule has 0 unspecified atom stereocenters. The number of anilines is 1. The SMILES string of the molecule is Cn1c(Cc2ccc(Cl)cc2N)nc2ccccc21. The Bertz CT molecular complexity index is 746. The van der Waals surface area contributed by atoms with Crippen LogP contribution in [0.3, 0.4) is 0 Å². The first-order valence-corrected chi connectivity index (χ1v) is 6.47. The first kappa shape index (κ1) is 12.1. The summed E-state index contributed by atoms with van der Waals surface area (Å²) in [6.07, 6.45) is 0.703. The van der Waals surface area contributed by atoms with Crippen LogP contribution in [0.5, 0.6) is 0 Å². The maximum absolute atomic E-state index is 5.99. The summed E-state index contributed by atoms with van der Waals surface area (Å²) in [5.74, 6) is 0.996. The lowest BCUT2D eigenvalue weighted by Gasteiger charge is -2.06. The molecule has 3 rings (SSSR count). The van der Waals surface area contributed by atoms with Gasteiger partial charge < -0.3 is 10.3 Å². The lowest BCUT2D eigenvalue weighted by Crippen LogP contribution is -2.01. The predicted octanol–water partition coefficient (Wildman–Crippen LogP) is 3.40. The Morgan fingerprint density at radius 2 is 2.00 bits per heavy atom. The van der Waals surface area contributed by atoms with Crippen molar-refractivity contribution in [2.75, 3.05) is 5.73 Å². The predicted molar refractivity (Wildman–Crippen MR) is 79.4 cm³/mol. The summed E-state index contributed by atoms with van der Waals surface area (Å²) in [6.45, 7) is 0. The van der Waals surface area contributed by atoms with E-state index in [-0.39, 0.29) is 0 Å². The highest BCUT2D eigenvalue weighted by Crippen LogP contribution is 2.22. The number of halogens is 1. The molecule has 4 heteroatoms. The average Bonchev–Trinajstić information content (AvgIpc) is 2.70. The fourth-order valence-corrected chi connectivity index (χ4v) is 2.43. The minimum absolute atomic E-state index is 0.659. The third-order valence-electron chi connectivity index (χ3n) is 3.34. The molecule has 0 atom stereocenters. The van der Waals surface area contributed by atoms with Crippen LogP contribution in [-0.4, -0.2) is 9.55 Å². The number of fused-ring (bicyclic) bond motifs is 1. The van der Waals surface area contributed by atoms with Gasteiger partial charge in [0.05, 0.1) is 11.0 Å². The normalized spacial score (nSPS) is 11.1. The summed E-state index contributed by atoms with van der Waals surface area (Å²) < 4.78 is 2.10. The summed E-state index contributed by atoms with van der Waals surface area (Å²) in [5, 5.41) is 0.659. The van der Waals surface area contributed by atoms with E-state index in [1.807, 2.05) is 37.4 Å². The smallest absolute Gasteiger partial charge is 0.114 e. The summed E-state index contributed by atoms with van der Waals surface area (Å²) in [7, 11) is 2.02. The van der Waals surface area contributed by atoms with Gasteiger partial charge in [0.15, 0.2) is 0 Å². The standard InChI is InChI=1S/C15H14ClN3/c1-19-14-5-3-2-4-13(14)18-15(19)8-10-6-7-11(16)9-12(10)17/h2-7,9H,8,17H2,1H3. The van der Waals surface area contributed by atoms with Gasteiger partial charge in [-0.25, -0.2) is 4.98 Å². The molecule has 0 spiro atoms. The number of nitrogen functional groups attached to an aromatic ring is 1. The van der Waals surface area contributed by atoms with E-state index in [1.54, 1.807) is 6.07 Å². The Morgan fingerprint density at radius 1 is 1.21 bits per heavy atom. The fourth-order valence-electron chi connectivity index (χ4n) is 2.25. The second-order valence-electron chi connectivity index (χ2n) is 4.60. The van der Waals surface area contributed by atoms with Crippen molar-refractivity contribution in [3.05, 3.63) is 58.9 Å². The van der Waals surface area contributed by atoms with Crippen LogP contribution in [0.25, 0.3) is 11.0 Å². The Balaban J connectivity index is 2.03. The van der Waals surface area contributed by atoms with Gasteiger partial charge in [-0.05, 0) is 29.8 Å². The zero-order valence-electron chi connectivity index (χ0n) is 10.6. The molecule has 0 fully saturated rings. The van der Waals surface area contributed by atoms with E-state index in [9.17, 15) is 0 Å². The van der Waals surface area contributed by atoms with Gasteiger partial charge in [-0.15, -0.1) is 0 Å². The van der Waals surface area contributed by atoms with E-state index < -0.39 is 0 Å². The molecule has 3 aromatic rings. The van der Waals surface area contributed by atoms with Gasteiger partial charge in [0, 0.05) is 24.2 Å². The topological polar surface area (TPSA) is 43.8 Å². The van der Waals surface area contributed by atoms with Gasteiger partial charge in [-0.2, -0.15) is 0 Å². The third kappa shape index (κ3) is 2.17. The monoisotopic (exact) mass is 271 g/mol. The van der Waals surface area contributed by atoms with E-state index in [0.29, 0.717) is 17.1 Å². The number of hydrogen-bond donors (Lipinski definition) is 1. The first-order chi connectivity index (χ1) is 9.15. The highest BCUT2D eigenvalue weighted by molar-refractivity contribution is 6.30. The maximum atomic E-state index is 5.99. The molecule has 3 nitrogen and oxygen atoms in total. The fraction of sp³-hybridized carbons (Fsp3) is 0.133. The molecule has 0 saturated heterocycles. The Hall–Kier alpha value is -2.00. The largest absolute Gasteiger partial charge is 0.398 e. The first-order valence-electron chi connectivity index (χ1n) is 6.09. The minimum atomic E-state index is 0.659. The van der Waals surface area contributed by atoms with Crippen LogP contribution in [0.15, 0.2) is 42.5 Å². The highest BCUT2D eigenvalue weighted by Gasteiger charge is 2.09. The molecule has 0 aliphatic heterocycles. The number of aryl methyl sites for hydroxylation is 1. The number of aromatic nitrogens is 2. The van der Waals surface area contributed by atoms with Crippen LogP contribution in [0.4, 0.5) is 5.69 Å². The molecule has 0 amide bonds. The van der Waals surface area contributed by atoms with Crippen LogP contribution in [0.1, 0.15) is 11.4 Å². The zero-order valence-corrected chi connectivity index (χ0v) is 11.4. The molecular weight excluding hydrogens is 258 g/mol. The van der Waals surface area contributed by atoms with Crippen molar-refractivity contribution in [2.45, 2.75) is 6.42 Å². The van der Waals surface area contributed by atoms with E-state index in [4.69, 9.17) is 17.3 Å². The summed E-state index contributed by atoms with van der Waals surface area (Å²) >= 11 is 5.91. The van der Waals surface area contributed by atoms with Crippen LogP contribution >= 0.6 is 11.6 Å². The quantitative estimate of drug-likeness (QED) is 0.726. The van der Waals surface area contributed by atoms with Crippen LogP contribution in [0.2, 0.25) is 5.02 Å². The molecule has 0 radical (unpaired) electrons. The molecule has 96 valence electrons. The van der Waals surface area contributed by atoms with Gasteiger partial charge in [-0.3, -0.25) is 0 Å². The second kappa shape index (κ2) is 4.59. The van der Waals surface area contributed by atoms with Crippen molar-refractivity contribution < 1.29 is 0 Å². The Kier molecular flexibility index (Phi) is 2.91. The third-order valence-corrected chi connectivity index (χ3v) is 3.57. The van der Waals surface area contributed by atoms with E-state index >= 15 is 0 Å². The number of para-hydroxylation sites is 2. The molecule has 0 bridgehead atoms. The number of hydrogen-bond acceptors (Lipinski definition) is 2. The van der Waals surface area contributed by atoms with Crippen LogP contribution < -0.4 is 5.73 Å². The van der Waals surface area contributed by atoms with E-state index in [1.165, 1.54) is 0 Å². The molecule has 1 aromatic heterocycles. The lowest BCUT2D eigenvalue weighted by atomic mass is 10.1. The molecule has 0 aliphatic carbocycles. The van der Waals surface area contributed by atoms with Crippen molar-refractivity contribution in [2.24, 2.45) is 7.05 Å². The van der Waals surface area contributed by atoms with Crippen molar-refractivity contribution >= 4 is 28.3 Å². The zero-order chi connectivity index (χ0) is 13.4. The summed E-state index contributed by atoms with van der Waals surface area (Å²) in [5.41, 5.74) is 9.88. The molecule has 2 N–H and O–H groups in total. The Morgan fingerprint density at radius 3 is 2.74 bits per heavy atom. The van der Waals surface area contributed by atoms with Gasteiger partial charge in [-0.1, -0.05) is 29.8 Å². The molecule has 0 saturated carbocycles. The van der Waals surface area contributed by atoms with Crippen molar-refractivity contribution in [3.8, 4) is 0 Å². The van der Waals surface area contributed by atoms with Crippen molar-refractivity contribution in [3.63, 3.8) is 0 Å². The number of rotatable bonds is 2. The molecular formula is C15H14ClN3.